The molecule has 0 atom stereocenters. The van der Waals surface area contributed by atoms with E-state index in [9.17, 15) is 9.59 Å². The summed E-state index contributed by atoms with van der Waals surface area (Å²) >= 11 is 2.96. The molecule has 0 N–H and O–H groups in total. The number of rotatable bonds is 6. The Hall–Kier alpha value is -2.18. The lowest BCUT2D eigenvalue weighted by Gasteiger charge is -2.10. The molecule has 0 bridgehead atoms. The summed E-state index contributed by atoms with van der Waals surface area (Å²) < 4.78 is 1.65. The van der Waals surface area contributed by atoms with Crippen molar-refractivity contribution in [3.05, 3.63) is 68.3 Å². The van der Waals surface area contributed by atoms with Crippen LogP contribution in [0.1, 0.15) is 38.3 Å². The predicted molar refractivity (Wildman–Crippen MR) is 117 cm³/mol. The third kappa shape index (κ3) is 3.35. The Morgan fingerprint density at radius 1 is 1.32 bits per heavy atom. The van der Waals surface area contributed by atoms with Crippen molar-refractivity contribution in [2.24, 2.45) is 0 Å². The maximum atomic E-state index is 13.1. The molecule has 3 aromatic rings. The fourth-order valence-corrected chi connectivity index (χ4v) is 5.79. The molecule has 0 spiro atoms. The number of ketones is 1. The van der Waals surface area contributed by atoms with Crippen molar-refractivity contribution < 1.29 is 4.79 Å². The first-order valence-corrected chi connectivity index (χ1v) is 11.2. The van der Waals surface area contributed by atoms with Crippen LogP contribution < -0.4 is 5.56 Å². The van der Waals surface area contributed by atoms with Gasteiger partial charge in [-0.15, -0.1) is 17.9 Å². The third-order valence-corrected chi connectivity index (χ3v) is 7.42. The van der Waals surface area contributed by atoms with Gasteiger partial charge in [-0.25, -0.2) is 4.98 Å². The number of fused-ring (bicyclic) bond motifs is 3. The second-order valence-corrected chi connectivity index (χ2v) is 9.17. The van der Waals surface area contributed by atoms with Crippen LogP contribution in [0.3, 0.4) is 0 Å². The van der Waals surface area contributed by atoms with Crippen LogP contribution >= 0.6 is 23.1 Å². The van der Waals surface area contributed by atoms with E-state index in [1.54, 1.807) is 22.0 Å². The Morgan fingerprint density at radius 3 is 2.89 bits per heavy atom. The molecule has 1 aliphatic rings. The summed E-state index contributed by atoms with van der Waals surface area (Å²) in [6, 6.07) is 5.76. The number of benzene rings is 1. The number of carbonyl (C=O) groups excluding carboxylic acids is 1. The molecule has 0 unspecified atom stereocenters. The highest BCUT2D eigenvalue weighted by atomic mass is 32.2. The number of thiophene rings is 1. The molecule has 144 valence electrons. The summed E-state index contributed by atoms with van der Waals surface area (Å²) in [5, 5.41) is 1.36. The van der Waals surface area contributed by atoms with Crippen LogP contribution in [0.2, 0.25) is 0 Å². The number of carbonyl (C=O) groups is 1. The lowest BCUT2D eigenvalue weighted by molar-refractivity contribution is 0.102. The Labute approximate surface area is 172 Å². The smallest absolute Gasteiger partial charge is 0.263 e. The normalized spacial score (nSPS) is 13.1. The predicted octanol–water partition coefficient (Wildman–Crippen LogP) is 4.72. The molecule has 0 saturated carbocycles. The third-order valence-electron chi connectivity index (χ3n) is 5.26. The second kappa shape index (κ2) is 7.68. The minimum Gasteiger partial charge on any atom is -0.293 e. The lowest BCUT2D eigenvalue weighted by atomic mass is 10.0. The fraction of sp³-hybridized carbons (Fsp3) is 0.318. The van der Waals surface area contributed by atoms with Gasteiger partial charge in [0.2, 0.25) is 0 Å². The number of allylic oxidation sites excluding steroid dienone is 1. The number of nitrogens with zero attached hydrogens (tertiary/aromatic N) is 2. The molecule has 1 aromatic carbocycles. The summed E-state index contributed by atoms with van der Waals surface area (Å²) in [4.78, 5) is 32.7. The SMILES string of the molecule is C=CCn1c(SCC(=O)c2ccc(C)c(C)c2)nc2sc3c(c2c1=O)CCC3. The Morgan fingerprint density at radius 2 is 2.14 bits per heavy atom. The van der Waals surface area contributed by atoms with E-state index in [2.05, 4.69) is 6.58 Å². The highest BCUT2D eigenvalue weighted by molar-refractivity contribution is 7.99. The molecule has 6 heteroatoms. The van der Waals surface area contributed by atoms with E-state index in [1.807, 2.05) is 32.0 Å². The first-order chi connectivity index (χ1) is 13.5. The van der Waals surface area contributed by atoms with Crippen LogP contribution in [0.25, 0.3) is 10.2 Å². The molecule has 1 aliphatic carbocycles. The van der Waals surface area contributed by atoms with Gasteiger partial charge in [-0.05, 0) is 55.9 Å². The van der Waals surface area contributed by atoms with Crippen LogP contribution in [0, 0.1) is 13.8 Å². The van der Waals surface area contributed by atoms with Gasteiger partial charge >= 0.3 is 0 Å². The van der Waals surface area contributed by atoms with Gasteiger partial charge < -0.3 is 0 Å². The maximum absolute atomic E-state index is 13.1. The molecule has 0 fully saturated rings. The Bertz CT molecular complexity index is 1160. The lowest BCUT2D eigenvalue weighted by Crippen LogP contribution is -2.23. The number of hydrogen-bond acceptors (Lipinski definition) is 5. The van der Waals surface area contributed by atoms with Gasteiger partial charge in [0, 0.05) is 17.0 Å². The summed E-state index contributed by atoms with van der Waals surface area (Å²) in [7, 11) is 0. The van der Waals surface area contributed by atoms with Crippen molar-refractivity contribution in [3.63, 3.8) is 0 Å². The molecular formula is C22H22N2O2S2. The van der Waals surface area contributed by atoms with Gasteiger partial charge in [0.05, 0.1) is 11.1 Å². The molecule has 2 heterocycles. The molecule has 28 heavy (non-hydrogen) atoms. The zero-order chi connectivity index (χ0) is 19.8. The van der Waals surface area contributed by atoms with Crippen molar-refractivity contribution in [3.8, 4) is 0 Å². The standard InChI is InChI=1S/C22H22N2O2S2/c1-4-10-24-21(26)19-16-6-5-7-18(16)28-20(19)23-22(24)27-12-17(25)15-9-8-13(2)14(3)11-15/h4,8-9,11H,1,5-7,10,12H2,2-3H3. The van der Waals surface area contributed by atoms with E-state index < -0.39 is 0 Å². The number of hydrogen-bond donors (Lipinski definition) is 0. The second-order valence-electron chi connectivity index (χ2n) is 7.15. The van der Waals surface area contributed by atoms with Gasteiger partial charge in [-0.2, -0.15) is 0 Å². The molecular weight excluding hydrogens is 388 g/mol. The quantitative estimate of drug-likeness (QED) is 0.255. The highest BCUT2D eigenvalue weighted by Crippen LogP contribution is 2.35. The fourth-order valence-electron chi connectivity index (χ4n) is 3.59. The van der Waals surface area contributed by atoms with Crippen molar-refractivity contribution in [1.82, 2.24) is 9.55 Å². The van der Waals surface area contributed by atoms with E-state index >= 15 is 0 Å². The van der Waals surface area contributed by atoms with Crippen molar-refractivity contribution in [2.45, 2.75) is 44.8 Å². The zero-order valence-corrected chi connectivity index (χ0v) is 17.7. The number of aromatic nitrogens is 2. The van der Waals surface area contributed by atoms with Gasteiger partial charge in [-0.3, -0.25) is 14.2 Å². The first-order valence-electron chi connectivity index (χ1n) is 9.39. The molecule has 4 nitrogen and oxygen atoms in total. The summed E-state index contributed by atoms with van der Waals surface area (Å²) in [6.45, 7) is 8.21. The summed E-state index contributed by atoms with van der Waals surface area (Å²) in [5.74, 6) is 0.296. The van der Waals surface area contributed by atoms with Crippen LogP contribution in [0.5, 0.6) is 0 Å². The number of aryl methyl sites for hydroxylation is 4. The molecule has 4 rings (SSSR count). The topological polar surface area (TPSA) is 52.0 Å². The van der Waals surface area contributed by atoms with Gasteiger partial charge in [0.1, 0.15) is 4.83 Å². The zero-order valence-electron chi connectivity index (χ0n) is 16.1. The van der Waals surface area contributed by atoms with E-state index in [0.29, 0.717) is 17.3 Å². The van der Waals surface area contributed by atoms with E-state index in [0.717, 1.165) is 35.0 Å². The number of thioether (sulfide) groups is 1. The van der Waals surface area contributed by atoms with Crippen LogP contribution in [0.15, 0.2) is 40.8 Å². The summed E-state index contributed by atoms with van der Waals surface area (Å²) in [5.41, 5.74) is 4.14. The molecule has 0 aliphatic heterocycles. The van der Waals surface area contributed by atoms with Crippen LogP contribution in [0.4, 0.5) is 0 Å². The molecule has 0 saturated heterocycles. The average molecular weight is 411 g/mol. The molecule has 0 amide bonds. The van der Waals surface area contributed by atoms with Gasteiger partial charge in [0.15, 0.2) is 10.9 Å². The van der Waals surface area contributed by atoms with Crippen molar-refractivity contribution in [1.29, 1.82) is 0 Å². The largest absolute Gasteiger partial charge is 0.293 e. The molecule has 0 radical (unpaired) electrons. The highest BCUT2D eigenvalue weighted by Gasteiger charge is 2.23. The maximum Gasteiger partial charge on any atom is 0.263 e. The van der Waals surface area contributed by atoms with Gasteiger partial charge in [0.25, 0.3) is 5.56 Å². The van der Waals surface area contributed by atoms with Gasteiger partial charge in [-0.1, -0.05) is 30.0 Å². The van der Waals surface area contributed by atoms with E-state index in [4.69, 9.17) is 4.98 Å². The minimum absolute atomic E-state index is 0.00886. The molecule has 2 aromatic heterocycles. The Balaban J connectivity index is 1.67. The van der Waals surface area contributed by atoms with Crippen molar-refractivity contribution in [2.75, 3.05) is 5.75 Å². The average Bonchev–Trinajstić information content (AvgIpc) is 3.25. The van der Waals surface area contributed by atoms with Crippen molar-refractivity contribution >= 4 is 39.1 Å². The van der Waals surface area contributed by atoms with E-state index in [-0.39, 0.29) is 17.1 Å². The number of Topliss-reactive ketones (excluding diaryl/α,β-unsaturated/α-hetero) is 1. The van der Waals surface area contributed by atoms with Crippen LogP contribution in [-0.2, 0) is 19.4 Å². The van der Waals surface area contributed by atoms with E-state index in [1.165, 1.54) is 27.8 Å². The monoisotopic (exact) mass is 410 g/mol. The summed E-state index contributed by atoms with van der Waals surface area (Å²) in [6.07, 6.45) is 4.80. The minimum atomic E-state index is -0.00886. The van der Waals surface area contributed by atoms with Crippen LogP contribution in [-0.4, -0.2) is 21.1 Å². The first kappa shape index (κ1) is 19.2. The Kier molecular flexibility index (Phi) is 5.25.